The summed E-state index contributed by atoms with van der Waals surface area (Å²) in [6.45, 7) is 5.61. The fourth-order valence-corrected chi connectivity index (χ4v) is 3.31. The van der Waals surface area contributed by atoms with Crippen molar-refractivity contribution in [3.8, 4) is 0 Å². The summed E-state index contributed by atoms with van der Waals surface area (Å²) in [5.41, 5.74) is 2.33. The zero-order valence-corrected chi connectivity index (χ0v) is 10.8. The molecule has 3 heteroatoms. The van der Waals surface area contributed by atoms with Crippen LogP contribution in [0.5, 0.6) is 0 Å². The van der Waals surface area contributed by atoms with Gasteiger partial charge in [-0.3, -0.25) is 9.59 Å². The third-order valence-electron chi connectivity index (χ3n) is 4.23. The molecule has 0 radical (unpaired) electrons. The van der Waals surface area contributed by atoms with Gasteiger partial charge in [-0.05, 0) is 43.6 Å². The van der Waals surface area contributed by atoms with Crippen LogP contribution in [0.15, 0.2) is 11.1 Å². The molecule has 1 fully saturated rings. The van der Waals surface area contributed by atoms with Gasteiger partial charge in [-0.2, -0.15) is 0 Å². The van der Waals surface area contributed by atoms with E-state index in [9.17, 15) is 9.59 Å². The lowest BCUT2D eigenvalue weighted by molar-refractivity contribution is -0.149. The summed E-state index contributed by atoms with van der Waals surface area (Å²) in [4.78, 5) is 22.7. The normalized spacial score (nSPS) is 33.4. The molecule has 2 aliphatic carbocycles. The summed E-state index contributed by atoms with van der Waals surface area (Å²) in [7, 11) is 0. The first kappa shape index (κ1) is 12.3. The number of esters is 1. The monoisotopic (exact) mass is 236 g/mol. The number of ketones is 1. The van der Waals surface area contributed by atoms with Gasteiger partial charge in [-0.1, -0.05) is 12.5 Å². The van der Waals surface area contributed by atoms with E-state index in [1.165, 1.54) is 12.5 Å². The van der Waals surface area contributed by atoms with Crippen molar-refractivity contribution < 1.29 is 14.3 Å². The van der Waals surface area contributed by atoms with Gasteiger partial charge in [0, 0.05) is 13.3 Å². The standard InChI is InChI=1S/C14H20O3/c1-9-12-5-4-11(17-10(2)15)8-14(12,3)7-6-13(9)16/h11H,4-8H2,1-3H3/t11-,14+/m0/s1. The van der Waals surface area contributed by atoms with Gasteiger partial charge < -0.3 is 4.74 Å². The van der Waals surface area contributed by atoms with Crippen molar-refractivity contribution in [3.05, 3.63) is 11.1 Å². The number of ether oxygens (including phenoxy) is 1. The van der Waals surface area contributed by atoms with Crippen molar-refractivity contribution in [1.82, 2.24) is 0 Å². The molecule has 0 aliphatic heterocycles. The molecule has 1 saturated carbocycles. The molecule has 0 unspecified atom stereocenters. The quantitative estimate of drug-likeness (QED) is 0.657. The molecule has 0 heterocycles. The fraction of sp³-hybridized carbons (Fsp3) is 0.714. The van der Waals surface area contributed by atoms with Crippen molar-refractivity contribution in [2.75, 3.05) is 0 Å². The first-order valence-corrected chi connectivity index (χ1v) is 6.33. The van der Waals surface area contributed by atoms with Gasteiger partial charge in [0.05, 0.1) is 0 Å². The van der Waals surface area contributed by atoms with Gasteiger partial charge in [0.25, 0.3) is 0 Å². The molecule has 0 spiro atoms. The van der Waals surface area contributed by atoms with E-state index in [1.807, 2.05) is 6.92 Å². The molecule has 0 aromatic heterocycles. The maximum atomic E-state index is 11.7. The summed E-state index contributed by atoms with van der Waals surface area (Å²) in [5.74, 6) is 0.0954. The van der Waals surface area contributed by atoms with Gasteiger partial charge in [0.1, 0.15) is 6.10 Å². The Morgan fingerprint density at radius 3 is 2.76 bits per heavy atom. The van der Waals surface area contributed by atoms with Crippen molar-refractivity contribution >= 4 is 11.8 Å². The number of carbonyl (C=O) groups excluding carboxylic acids is 2. The molecular weight excluding hydrogens is 216 g/mol. The Morgan fingerprint density at radius 2 is 2.12 bits per heavy atom. The lowest BCUT2D eigenvalue weighted by Crippen LogP contribution is -2.37. The minimum atomic E-state index is -0.199. The molecule has 0 aromatic carbocycles. The predicted molar refractivity (Wildman–Crippen MR) is 64.5 cm³/mol. The highest BCUT2D eigenvalue weighted by Crippen LogP contribution is 2.49. The van der Waals surface area contributed by atoms with Gasteiger partial charge in [-0.25, -0.2) is 0 Å². The number of fused-ring (bicyclic) bond motifs is 1. The van der Waals surface area contributed by atoms with E-state index < -0.39 is 0 Å². The highest BCUT2D eigenvalue weighted by Gasteiger charge is 2.41. The van der Waals surface area contributed by atoms with Crippen molar-refractivity contribution in [2.24, 2.45) is 5.41 Å². The molecule has 0 aromatic rings. The predicted octanol–water partition coefficient (Wildman–Crippen LogP) is 2.79. The molecule has 0 amide bonds. The summed E-state index contributed by atoms with van der Waals surface area (Å²) in [5, 5.41) is 0. The maximum Gasteiger partial charge on any atom is 0.302 e. The molecule has 17 heavy (non-hydrogen) atoms. The van der Waals surface area contributed by atoms with E-state index in [2.05, 4.69) is 6.92 Å². The van der Waals surface area contributed by atoms with Gasteiger partial charge >= 0.3 is 5.97 Å². The number of carbonyl (C=O) groups is 2. The average molecular weight is 236 g/mol. The van der Waals surface area contributed by atoms with E-state index >= 15 is 0 Å². The minimum absolute atomic E-state index is 0.0299. The first-order valence-electron chi connectivity index (χ1n) is 6.33. The summed E-state index contributed by atoms with van der Waals surface area (Å²) in [6, 6.07) is 0. The molecule has 0 bridgehead atoms. The summed E-state index contributed by atoms with van der Waals surface area (Å²) < 4.78 is 5.32. The second-order valence-electron chi connectivity index (χ2n) is 5.56. The lowest BCUT2D eigenvalue weighted by atomic mass is 9.63. The molecular formula is C14H20O3. The number of hydrogen-bond donors (Lipinski definition) is 0. The Labute approximate surface area is 102 Å². The first-order chi connectivity index (χ1) is 7.92. The molecule has 0 saturated heterocycles. The third-order valence-corrected chi connectivity index (χ3v) is 4.23. The third kappa shape index (κ3) is 2.28. The van der Waals surface area contributed by atoms with Crippen LogP contribution in [0, 0.1) is 5.41 Å². The van der Waals surface area contributed by atoms with Crippen molar-refractivity contribution in [2.45, 2.75) is 59.0 Å². The number of Topliss-reactive ketones (excluding diaryl/α,β-unsaturated/α-hetero) is 1. The average Bonchev–Trinajstić information content (AvgIpc) is 2.23. The largest absolute Gasteiger partial charge is 0.463 e. The van der Waals surface area contributed by atoms with Gasteiger partial charge in [0.2, 0.25) is 0 Å². The summed E-state index contributed by atoms with van der Waals surface area (Å²) in [6.07, 6.45) is 4.19. The lowest BCUT2D eigenvalue weighted by Gasteiger charge is -2.43. The summed E-state index contributed by atoms with van der Waals surface area (Å²) >= 11 is 0. The van der Waals surface area contributed by atoms with Crippen LogP contribution >= 0.6 is 0 Å². The zero-order chi connectivity index (χ0) is 12.6. The Kier molecular flexibility index (Phi) is 3.11. The molecule has 2 rings (SSSR count). The van der Waals surface area contributed by atoms with Crippen LogP contribution in [-0.4, -0.2) is 17.9 Å². The Morgan fingerprint density at radius 1 is 1.41 bits per heavy atom. The minimum Gasteiger partial charge on any atom is -0.463 e. The SMILES string of the molecule is CC(=O)O[C@H]1CCC2=C(C)C(=O)CC[C@]2(C)C1. The van der Waals surface area contributed by atoms with Crippen LogP contribution in [-0.2, 0) is 14.3 Å². The van der Waals surface area contributed by atoms with Crippen molar-refractivity contribution in [3.63, 3.8) is 0 Å². The topological polar surface area (TPSA) is 43.4 Å². The van der Waals surface area contributed by atoms with E-state index in [-0.39, 0.29) is 17.5 Å². The van der Waals surface area contributed by atoms with E-state index in [4.69, 9.17) is 4.74 Å². The van der Waals surface area contributed by atoms with Crippen LogP contribution in [0.1, 0.15) is 52.9 Å². The van der Waals surface area contributed by atoms with Crippen LogP contribution in [0.4, 0.5) is 0 Å². The highest BCUT2D eigenvalue weighted by molar-refractivity contribution is 5.96. The van der Waals surface area contributed by atoms with Gasteiger partial charge in [0.15, 0.2) is 5.78 Å². The van der Waals surface area contributed by atoms with E-state index in [0.717, 1.165) is 31.3 Å². The van der Waals surface area contributed by atoms with Crippen LogP contribution in [0.2, 0.25) is 0 Å². The van der Waals surface area contributed by atoms with Crippen LogP contribution in [0.3, 0.4) is 0 Å². The second kappa shape index (κ2) is 4.28. The van der Waals surface area contributed by atoms with E-state index in [0.29, 0.717) is 12.2 Å². The van der Waals surface area contributed by atoms with Crippen LogP contribution < -0.4 is 0 Å². The smallest absolute Gasteiger partial charge is 0.302 e. The zero-order valence-electron chi connectivity index (χ0n) is 10.8. The maximum absolute atomic E-state index is 11.7. The van der Waals surface area contributed by atoms with Gasteiger partial charge in [-0.15, -0.1) is 0 Å². The fourth-order valence-electron chi connectivity index (χ4n) is 3.31. The molecule has 2 aliphatic rings. The molecule has 3 nitrogen and oxygen atoms in total. The highest BCUT2D eigenvalue weighted by atomic mass is 16.5. The second-order valence-corrected chi connectivity index (χ2v) is 5.56. The molecule has 0 N–H and O–H groups in total. The number of allylic oxidation sites excluding steroid dienone is 2. The Hall–Kier alpha value is -1.12. The molecule has 94 valence electrons. The number of hydrogen-bond acceptors (Lipinski definition) is 3. The van der Waals surface area contributed by atoms with E-state index in [1.54, 1.807) is 0 Å². The molecule has 2 atom stereocenters. The Balaban J connectivity index is 2.20. The number of rotatable bonds is 1. The Bertz CT molecular complexity index is 394. The van der Waals surface area contributed by atoms with Crippen LogP contribution in [0.25, 0.3) is 0 Å². The van der Waals surface area contributed by atoms with Crippen molar-refractivity contribution in [1.29, 1.82) is 0 Å².